The second kappa shape index (κ2) is 8.70. The van der Waals surface area contributed by atoms with E-state index in [4.69, 9.17) is 4.74 Å². The van der Waals surface area contributed by atoms with E-state index in [-0.39, 0.29) is 5.91 Å². The molecule has 2 N–H and O–H groups in total. The molecule has 2 aromatic carbocycles. The summed E-state index contributed by atoms with van der Waals surface area (Å²) in [6, 6.07) is 19.0. The number of morpholine rings is 1. The quantitative estimate of drug-likeness (QED) is 0.694. The number of para-hydroxylation sites is 2. The van der Waals surface area contributed by atoms with Crippen molar-refractivity contribution in [1.29, 1.82) is 0 Å². The maximum atomic E-state index is 12.3. The Morgan fingerprint density at radius 1 is 0.931 bits per heavy atom. The first-order valence-corrected chi connectivity index (χ1v) is 9.59. The van der Waals surface area contributed by atoms with Gasteiger partial charge < -0.3 is 20.3 Å². The first-order valence-electron chi connectivity index (χ1n) is 9.59. The molecule has 0 spiro atoms. The lowest BCUT2D eigenvalue weighted by Gasteiger charge is -2.30. The Bertz CT molecular complexity index is 967. The standard InChI is InChI=1S/C22H23N5O2/c1-16-6-8-17(9-7-16)22(28)24-21-11-10-20(25-26-21)23-18-4-2-3-5-19(18)27-12-14-29-15-13-27/h2-11H,12-15H2,1H3,(H,23,25)(H,24,26,28). The molecule has 3 aromatic rings. The molecule has 0 atom stereocenters. The Labute approximate surface area is 169 Å². The molecule has 4 rings (SSSR count). The second-order valence-electron chi connectivity index (χ2n) is 6.87. The van der Waals surface area contributed by atoms with Crippen LogP contribution in [0.4, 0.5) is 23.0 Å². The van der Waals surface area contributed by atoms with Crippen LogP contribution in [-0.2, 0) is 4.74 Å². The van der Waals surface area contributed by atoms with Gasteiger partial charge in [-0.15, -0.1) is 10.2 Å². The van der Waals surface area contributed by atoms with E-state index in [1.165, 1.54) is 0 Å². The largest absolute Gasteiger partial charge is 0.378 e. The summed E-state index contributed by atoms with van der Waals surface area (Å²) in [6.07, 6.45) is 0. The highest BCUT2D eigenvalue weighted by Crippen LogP contribution is 2.28. The summed E-state index contributed by atoms with van der Waals surface area (Å²) in [6.45, 7) is 5.14. The van der Waals surface area contributed by atoms with E-state index in [1.54, 1.807) is 24.3 Å². The topological polar surface area (TPSA) is 79.4 Å². The van der Waals surface area contributed by atoms with Gasteiger partial charge in [0.15, 0.2) is 11.6 Å². The number of carbonyl (C=O) groups excluding carboxylic acids is 1. The van der Waals surface area contributed by atoms with E-state index in [0.717, 1.165) is 43.2 Å². The second-order valence-corrected chi connectivity index (χ2v) is 6.87. The fourth-order valence-corrected chi connectivity index (χ4v) is 3.16. The number of amides is 1. The Hall–Kier alpha value is -3.45. The van der Waals surface area contributed by atoms with Crippen molar-refractivity contribution in [3.8, 4) is 0 Å². The molecule has 1 aromatic heterocycles. The molecule has 1 fully saturated rings. The highest BCUT2D eigenvalue weighted by molar-refractivity contribution is 6.03. The smallest absolute Gasteiger partial charge is 0.256 e. The number of carbonyl (C=O) groups is 1. The molecule has 7 heteroatoms. The highest BCUT2D eigenvalue weighted by atomic mass is 16.5. The maximum Gasteiger partial charge on any atom is 0.256 e. The molecule has 0 radical (unpaired) electrons. The van der Waals surface area contributed by atoms with Crippen molar-refractivity contribution in [2.75, 3.05) is 41.8 Å². The van der Waals surface area contributed by atoms with Crippen molar-refractivity contribution < 1.29 is 9.53 Å². The van der Waals surface area contributed by atoms with Gasteiger partial charge in [0.05, 0.1) is 24.6 Å². The first kappa shape index (κ1) is 18.9. The van der Waals surface area contributed by atoms with E-state index >= 15 is 0 Å². The molecule has 1 amide bonds. The lowest BCUT2D eigenvalue weighted by molar-refractivity contribution is 0.102. The van der Waals surface area contributed by atoms with Crippen LogP contribution in [-0.4, -0.2) is 42.4 Å². The van der Waals surface area contributed by atoms with Crippen LogP contribution in [0.1, 0.15) is 15.9 Å². The van der Waals surface area contributed by atoms with E-state index in [1.807, 2.05) is 37.3 Å². The molecule has 0 saturated carbocycles. The fourth-order valence-electron chi connectivity index (χ4n) is 3.16. The summed E-state index contributed by atoms with van der Waals surface area (Å²) in [5, 5.41) is 14.4. The number of aryl methyl sites for hydroxylation is 1. The number of rotatable bonds is 5. The summed E-state index contributed by atoms with van der Waals surface area (Å²) in [5.41, 5.74) is 3.75. The number of nitrogens with zero attached hydrogens (tertiary/aromatic N) is 3. The minimum atomic E-state index is -0.210. The summed E-state index contributed by atoms with van der Waals surface area (Å²) in [5.74, 6) is 0.805. The van der Waals surface area contributed by atoms with E-state index in [9.17, 15) is 4.79 Å². The summed E-state index contributed by atoms with van der Waals surface area (Å²) in [4.78, 5) is 14.6. The number of anilines is 4. The van der Waals surface area contributed by atoms with Crippen molar-refractivity contribution in [3.05, 3.63) is 71.8 Å². The number of ether oxygens (including phenoxy) is 1. The predicted octanol–water partition coefficient (Wildman–Crippen LogP) is 3.62. The lowest BCUT2D eigenvalue weighted by Crippen LogP contribution is -2.36. The van der Waals surface area contributed by atoms with Gasteiger partial charge in [-0.05, 0) is 43.3 Å². The third kappa shape index (κ3) is 4.70. The molecule has 0 bridgehead atoms. The van der Waals surface area contributed by atoms with Crippen molar-refractivity contribution in [3.63, 3.8) is 0 Å². The van der Waals surface area contributed by atoms with Crippen LogP contribution >= 0.6 is 0 Å². The zero-order chi connectivity index (χ0) is 20.1. The van der Waals surface area contributed by atoms with Crippen LogP contribution in [0.25, 0.3) is 0 Å². The van der Waals surface area contributed by atoms with Crippen molar-refractivity contribution in [1.82, 2.24) is 10.2 Å². The van der Waals surface area contributed by atoms with Gasteiger partial charge in [0.1, 0.15) is 0 Å². The van der Waals surface area contributed by atoms with Crippen LogP contribution in [0.3, 0.4) is 0 Å². The molecule has 1 aliphatic heterocycles. The van der Waals surface area contributed by atoms with Gasteiger partial charge in [0.25, 0.3) is 5.91 Å². The Balaban J connectivity index is 1.43. The van der Waals surface area contributed by atoms with Gasteiger partial charge >= 0.3 is 0 Å². The Morgan fingerprint density at radius 2 is 1.62 bits per heavy atom. The van der Waals surface area contributed by atoms with Crippen molar-refractivity contribution in [2.24, 2.45) is 0 Å². The number of hydrogen-bond donors (Lipinski definition) is 2. The van der Waals surface area contributed by atoms with Gasteiger partial charge in [0, 0.05) is 18.7 Å². The van der Waals surface area contributed by atoms with Crippen molar-refractivity contribution >= 4 is 28.9 Å². The maximum absolute atomic E-state index is 12.3. The molecule has 148 valence electrons. The van der Waals surface area contributed by atoms with Gasteiger partial charge in [-0.3, -0.25) is 4.79 Å². The lowest BCUT2D eigenvalue weighted by atomic mass is 10.1. The average molecular weight is 389 g/mol. The van der Waals surface area contributed by atoms with Crippen LogP contribution in [0.15, 0.2) is 60.7 Å². The number of aromatic nitrogens is 2. The molecule has 0 unspecified atom stereocenters. The van der Waals surface area contributed by atoms with Gasteiger partial charge in [-0.25, -0.2) is 0 Å². The normalized spacial score (nSPS) is 13.8. The minimum Gasteiger partial charge on any atom is -0.378 e. The fraction of sp³-hybridized carbons (Fsp3) is 0.227. The van der Waals surface area contributed by atoms with Gasteiger partial charge in [-0.1, -0.05) is 29.8 Å². The molecule has 7 nitrogen and oxygen atoms in total. The summed E-state index contributed by atoms with van der Waals surface area (Å²) >= 11 is 0. The van der Waals surface area contributed by atoms with Crippen molar-refractivity contribution in [2.45, 2.75) is 6.92 Å². The van der Waals surface area contributed by atoms with E-state index < -0.39 is 0 Å². The number of benzene rings is 2. The Kier molecular flexibility index (Phi) is 5.67. The summed E-state index contributed by atoms with van der Waals surface area (Å²) in [7, 11) is 0. The van der Waals surface area contributed by atoms with Crippen LogP contribution in [0.5, 0.6) is 0 Å². The number of nitrogens with one attached hydrogen (secondary N) is 2. The van der Waals surface area contributed by atoms with Crippen LogP contribution in [0.2, 0.25) is 0 Å². The average Bonchev–Trinajstić information content (AvgIpc) is 2.76. The third-order valence-corrected chi connectivity index (χ3v) is 4.74. The van der Waals surface area contributed by atoms with Gasteiger partial charge in [0.2, 0.25) is 0 Å². The van der Waals surface area contributed by atoms with Crippen LogP contribution < -0.4 is 15.5 Å². The predicted molar refractivity (Wildman–Crippen MR) is 114 cm³/mol. The molecule has 29 heavy (non-hydrogen) atoms. The van der Waals surface area contributed by atoms with Gasteiger partial charge in [-0.2, -0.15) is 0 Å². The highest BCUT2D eigenvalue weighted by Gasteiger charge is 2.15. The third-order valence-electron chi connectivity index (χ3n) is 4.74. The minimum absolute atomic E-state index is 0.210. The molecular weight excluding hydrogens is 366 g/mol. The first-order chi connectivity index (χ1) is 14.2. The molecule has 0 aliphatic carbocycles. The molecule has 1 aliphatic rings. The summed E-state index contributed by atoms with van der Waals surface area (Å²) < 4.78 is 5.44. The zero-order valence-corrected chi connectivity index (χ0v) is 16.3. The van der Waals surface area contributed by atoms with E-state index in [2.05, 4.69) is 31.8 Å². The Morgan fingerprint density at radius 3 is 2.34 bits per heavy atom. The molecule has 2 heterocycles. The molecule has 1 saturated heterocycles. The number of hydrogen-bond acceptors (Lipinski definition) is 6. The van der Waals surface area contributed by atoms with E-state index in [0.29, 0.717) is 17.2 Å². The monoisotopic (exact) mass is 389 g/mol. The SMILES string of the molecule is Cc1ccc(C(=O)Nc2ccc(Nc3ccccc3N3CCOCC3)nn2)cc1. The zero-order valence-electron chi connectivity index (χ0n) is 16.3. The molecular formula is C22H23N5O2. The van der Waals surface area contributed by atoms with Crippen LogP contribution in [0, 0.1) is 6.92 Å².